The van der Waals surface area contributed by atoms with Gasteiger partial charge in [0.25, 0.3) is 0 Å². The Labute approximate surface area is 90.2 Å². The summed E-state index contributed by atoms with van der Waals surface area (Å²) in [5.41, 5.74) is 7.52. The number of rotatable bonds is 0. The molecule has 2 heterocycles. The van der Waals surface area contributed by atoms with Gasteiger partial charge in [0.1, 0.15) is 0 Å². The predicted molar refractivity (Wildman–Crippen MR) is 60.7 cm³/mol. The number of hydrogen-bond acceptors (Lipinski definition) is 2. The van der Waals surface area contributed by atoms with Crippen molar-refractivity contribution in [2.75, 3.05) is 0 Å². The summed E-state index contributed by atoms with van der Waals surface area (Å²) in [6, 6.07) is 0.541. The SMILES string of the molecule is C1CC2=NC3CCCCC3=C3NC(=C23)C1. The molecule has 2 aliphatic heterocycles. The molecule has 2 aliphatic carbocycles. The fraction of sp³-hybridized carbons (Fsp3) is 0.615. The standard InChI is InChI=1S/C13H16N2/c1-2-5-9-8(4-1)13-12-10(14-9)6-3-7-11(12)15-13/h9,15H,1-7H2. The summed E-state index contributed by atoms with van der Waals surface area (Å²) >= 11 is 0. The molecule has 0 aromatic carbocycles. The number of allylic oxidation sites excluding steroid dienone is 2. The highest BCUT2D eigenvalue weighted by Crippen LogP contribution is 2.43. The van der Waals surface area contributed by atoms with Gasteiger partial charge in [0.2, 0.25) is 0 Å². The molecule has 2 heteroatoms. The monoisotopic (exact) mass is 200 g/mol. The van der Waals surface area contributed by atoms with E-state index in [2.05, 4.69) is 5.32 Å². The fourth-order valence-electron chi connectivity index (χ4n) is 3.41. The molecule has 1 N–H and O–H groups in total. The second-order valence-electron chi connectivity index (χ2n) is 5.07. The summed E-state index contributed by atoms with van der Waals surface area (Å²) in [7, 11) is 0. The Morgan fingerprint density at radius 1 is 1.07 bits per heavy atom. The Balaban J connectivity index is 1.86. The van der Waals surface area contributed by atoms with Gasteiger partial charge in [0.05, 0.1) is 11.7 Å². The van der Waals surface area contributed by atoms with Crippen LogP contribution in [-0.2, 0) is 0 Å². The van der Waals surface area contributed by atoms with Crippen LogP contribution in [0.5, 0.6) is 0 Å². The lowest BCUT2D eigenvalue weighted by atomic mass is 9.77. The lowest BCUT2D eigenvalue weighted by Crippen LogP contribution is -2.41. The Bertz CT molecular complexity index is 426. The maximum absolute atomic E-state index is 4.97. The van der Waals surface area contributed by atoms with Crippen LogP contribution in [0, 0.1) is 0 Å². The number of hydrogen-bond donors (Lipinski definition) is 1. The zero-order chi connectivity index (χ0) is 9.83. The van der Waals surface area contributed by atoms with E-state index >= 15 is 0 Å². The van der Waals surface area contributed by atoms with Crippen LogP contribution in [0.1, 0.15) is 44.9 Å². The molecule has 0 spiro atoms. The first-order valence-corrected chi connectivity index (χ1v) is 6.24. The molecule has 0 bridgehead atoms. The van der Waals surface area contributed by atoms with Crippen molar-refractivity contribution < 1.29 is 0 Å². The predicted octanol–water partition coefficient (Wildman–Crippen LogP) is 2.68. The first-order chi connectivity index (χ1) is 7.43. The van der Waals surface area contributed by atoms with Gasteiger partial charge in [-0.15, -0.1) is 0 Å². The van der Waals surface area contributed by atoms with Crippen LogP contribution in [0.25, 0.3) is 0 Å². The summed E-state index contributed by atoms with van der Waals surface area (Å²) in [5.74, 6) is 0. The molecule has 0 saturated heterocycles. The fourth-order valence-corrected chi connectivity index (χ4v) is 3.41. The molecule has 0 aromatic rings. The molecule has 0 amide bonds. The molecule has 1 unspecified atom stereocenters. The van der Waals surface area contributed by atoms with Crippen molar-refractivity contribution in [2.24, 2.45) is 4.99 Å². The van der Waals surface area contributed by atoms with E-state index in [1.54, 1.807) is 5.57 Å². The van der Waals surface area contributed by atoms with E-state index in [1.165, 1.54) is 67.6 Å². The van der Waals surface area contributed by atoms with Crippen LogP contribution in [0.3, 0.4) is 0 Å². The lowest BCUT2D eigenvalue weighted by molar-refractivity contribution is 0.513. The van der Waals surface area contributed by atoms with E-state index in [1.807, 2.05) is 0 Å². The first-order valence-electron chi connectivity index (χ1n) is 6.24. The topological polar surface area (TPSA) is 24.4 Å². The molecule has 1 saturated carbocycles. The maximum atomic E-state index is 4.97. The highest BCUT2D eigenvalue weighted by molar-refractivity contribution is 6.08. The van der Waals surface area contributed by atoms with Crippen LogP contribution >= 0.6 is 0 Å². The highest BCUT2D eigenvalue weighted by atomic mass is 15.0. The third kappa shape index (κ3) is 0.973. The molecule has 4 rings (SSSR count). The molecular formula is C13H16N2. The summed E-state index contributed by atoms with van der Waals surface area (Å²) in [6.45, 7) is 0. The van der Waals surface area contributed by atoms with Gasteiger partial charge in [-0.2, -0.15) is 0 Å². The number of nitrogens with one attached hydrogen (secondary N) is 1. The molecule has 15 heavy (non-hydrogen) atoms. The molecular weight excluding hydrogens is 184 g/mol. The third-order valence-corrected chi connectivity index (χ3v) is 4.17. The highest BCUT2D eigenvalue weighted by Gasteiger charge is 2.38. The number of nitrogens with zero attached hydrogens (tertiary/aromatic N) is 1. The average Bonchev–Trinajstić information content (AvgIpc) is 2.24. The molecule has 0 radical (unpaired) electrons. The molecule has 0 aromatic heterocycles. The van der Waals surface area contributed by atoms with Crippen molar-refractivity contribution in [3.05, 3.63) is 22.5 Å². The largest absolute Gasteiger partial charge is 0.358 e. The quantitative estimate of drug-likeness (QED) is 0.638. The van der Waals surface area contributed by atoms with Crippen LogP contribution in [0.4, 0.5) is 0 Å². The van der Waals surface area contributed by atoms with E-state index in [0.29, 0.717) is 6.04 Å². The number of fused-ring (bicyclic) bond motifs is 1. The smallest absolute Gasteiger partial charge is 0.0735 e. The molecule has 1 fully saturated rings. The van der Waals surface area contributed by atoms with Gasteiger partial charge < -0.3 is 5.32 Å². The van der Waals surface area contributed by atoms with Gasteiger partial charge in [0.15, 0.2) is 0 Å². The van der Waals surface area contributed by atoms with Gasteiger partial charge >= 0.3 is 0 Å². The Morgan fingerprint density at radius 3 is 3.07 bits per heavy atom. The van der Waals surface area contributed by atoms with E-state index < -0.39 is 0 Å². The lowest BCUT2D eigenvalue weighted by Gasteiger charge is -2.42. The van der Waals surface area contributed by atoms with Crippen LogP contribution in [0.15, 0.2) is 27.5 Å². The van der Waals surface area contributed by atoms with Crippen molar-refractivity contribution >= 4 is 5.71 Å². The van der Waals surface area contributed by atoms with Crippen molar-refractivity contribution in [2.45, 2.75) is 51.0 Å². The first kappa shape index (κ1) is 8.14. The maximum Gasteiger partial charge on any atom is 0.0735 e. The van der Waals surface area contributed by atoms with Gasteiger partial charge in [0, 0.05) is 17.0 Å². The van der Waals surface area contributed by atoms with Crippen molar-refractivity contribution in [1.29, 1.82) is 0 Å². The second kappa shape index (κ2) is 2.75. The Morgan fingerprint density at radius 2 is 2.07 bits per heavy atom. The normalized spacial score (nSPS) is 32.5. The molecule has 4 aliphatic rings. The summed E-state index contributed by atoms with van der Waals surface area (Å²) < 4.78 is 0. The van der Waals surface area contributed by atoms with Crippen molar-refractivity contribution in [3.63, 3.8) is 0 Å². The average molecular weight is 200 g/mol. The zero-order valence-corrected chi connectivity index (χ0v) is 8.97. The Hall–Kier alpha value is -1.05. The minimum atomic E-state index is 0.541. The van der Waals surface area contributed by atoms with E-state index in [0.717, 1.165) is 0 Å². The van der Waals surface area contributed by atoms with Gasteiger partial charge in [-0.3, -0.25) is 4.99 Å². The van der Waals surface area contributed by atoms with Crippen molar-refractivity contribution in [1.82, 2.24) is 5.32 Å². The third-order valence-electron chi connectivity index (χ3n) is 4.17. The Kier molecular flexibility index (Phi) is 1.49. The summed E-state index contributed by atoms with van der Waals surface area (Å²) in [6.07, 6.45) is 9.05. The van der Waals surface area contributed by atoms with E-state index in [9.17, 15) is 0 Å². The van der Waals surface area contributed by atoms with Gasteiger partial charge in [-0.1, -0.05) is 6.42 Å². The number of dihydropyridines is 1. The van der Waals surface area contributed by atoms with Crippen LogP contribution < -0.4 is 5.32 Å². The van der Waals surface area contributed by atoms with Gasteiger partial charge in [-0.05, 0) is 44.1 Å². The van der Waals surface area contributed by atoms with Crippen LogP contribution in [0.2, 0.25) is 0 Å². The van der Waals surface area contributed by atoms with E-state index in [4.69, 9.17) is 4.99 Å². The molecule has 1 atom stereocenters. The van der Waals surface area contributed by atoms with Gasteiger partial charge in [-0.25, -0.2) is 0 Å². The van der Waals surface area contributed by atoms with Crippen molar-refractivity contribution in [3.8, 4) is 0 Å². The zero-order valence-electron chi connectivity index (χ0n) is 8.97. The van der Waals surface area contributed by atoms with Crippen LogP contribution in [-0.4, -0.2) is 11.8 Å². The molecule has 2 nitrogen and oxygen atoms in total. The molecule has 78 valence electrons. The van der Waals surface area contributed by atoms with E-state index in [-0.39, 0.29) is 0 Å². The summed E-state index contributed by atoms with van der Waals surface area (Å²) in [5, 5.41) is 3.59. The number of aliphatic imine (C=N–C) groups is 1. The minimum absolute atomic E-state index is 0.541. The minimum Gasteiger partial charge on any atom is -0.358 e. The second-order valence-corrected chi connectivity index (χ2v) is 5.07. The summed E-state index contributed by atoms with van der Waals surface area (Å²) in [4.78, 5) is 4.97.